The van der Waals surface area contributed by atoms with Gasteiger partial charge in [0.25, 0.3) is 0 Å². The first-order chi connectivity index (χ1) is 16.1. The van der Waals surface area contributed by atoms with E-state index < -0.39 is 0 Å². The molecule has 0 atom stereocenters. The third-order valence-electron chi connectivity index (χ3n) is 7.12. The van der Waals surface area contributed by atoms with Crippen molar-refractivity contribution in [1.82, 2.24) is 0 Å². The number of thioether (sulfide) groups is 2. The fraction of sp³-hybridized carbons (Fsp3) is 0.625. The molecule has 1 aliphatic carbocycles. The van der Waals surface area contributed by atoms with E-state index in [-0.39, 0.29) is 25.7 Å². The number of aromatic hydroxyl groups is 2. The lowest BCUT2D eigenvalue weighted by atomic mass is 9.79. The second-order valence-corrected chi connectivity index (χ2v) is 17.9. The predicted octanol–water partition coefficient (Wildman–Crippen LogP) is 10.1. The summed E-state index contributed by atoms with van der Waals surface area (Å²) in [4.78, 5) is 2.47. The van der Waals surface area contributed by atoms with E-state index in [9.17, 15) is 10.2 Å². The van der Waals surface area contributed by atoms with Crippen molar-refractivity contribution in [2.24, 2.45) is 0 Å². The summed E-state index contributed by atoms with van der Waals surface area (Å²) >= 11 is 3.92. The predicted molar refractivity (Wildman–Crippen MR) is 159 cm³/mol. The molecule has 1 fully saturated rings. The van der Waals surface area contributed by atoms with Crippen molar-refractivity contribution in [2.75, 3.05) is 0 Å². The van der Waals surface area contributed by atoms with Gasteiger partial charge in [-0.25, -0.2) is 0 Å². The number of hydrogen-bond donors (Lipinski definition) is 2. The Labute approximate surface area is 229 Å². The van der Waals surface area contributed by atoms with Gasteiger partial charge < -0.3 is 10.2 Å². The zero-order valence-corrected chi connectivity index (χ0v) is 26.3. The molecule has 0 heterocycles. The normalized spacial score (nSPS) is 16.7. The van der Waals surface area contributed by atoms with Gasteiger partial charge in [0.1, 0.15) is 11.5 Å². The lowest BCUT2D eigenvalue weighted by molar-refractivity contribution is 0.421. The molecule has 36 heavy (non-hydrogen) atoms. The maximum Gasteiger partial charge on any atom is 0.123 e. The summed E-state index contributed by atoms with van der Waals surface area (Å²) < 4.78 is 0.0581. The van der Waals surface area contributed by atoms with Crippen LogP contribution in [0.1, 0.15) is 125 Å². The van der Waals surface area contributed by atoms with E-state index >= 15 is 0 Å². The van der Waals surface area contributed by atoms with Gasteiger partial charge in [0.15, 0.2) is 0 Å². The van der Waals surface area contributed by atoms with Gasteiger partial charge in [0.05, 0.1) is 4.08 Å². The second kappa shape index (κ2) is 9.49. The van der Waals surface area contributed by atoms with E-state index in [2.05, 4.69) is 107 Å². The molecule has 2 N–H and O–H groups in total. The van der Waals surface area contributed by atoms with E-state index in [0.29, 0.717) is 11.5 Å². The van der Waals surface area contributed by atoms with Gasteiger partial charge in [-0.15, -0.1) is 23.5 Å². The van der Waals surface area contributed by atoms with Crippen molar-refractivity contribution in [2.45, 2.75) is 138 Å². The SMILES string of the molecule is CC(C)(C)c1cc(SC2(Sc3cc(C(C)(C)C)c(O)c(C(C)(C)C)c3)CCC2)cc(C(C)(C)C)c1O. The summed E-state index contributed by atoms with van der Waals surface area (Å²) in [6, 6.07) is 8.86. The zero-order chi connectivity index (χ0) is 27.5. The van der Waals surface area contributed by atoms with E-state index in [4.69, 9.17) is 0 Å². The quantitative estimate of drug-likeness (QED) is 0.387. The first-order valence-electron chi connectivity index (χ1n) is 13.3. The first kappa shape index (κ1) is 29.3. The molecule has 0 aliphatic heterocycles. The molecule has 0 amide bonds. The van der Waals surface area contributed by atoms with Crippen molar-refractivity contribution in [1.29, 1.82) is 0 Å². The highest BCUT2D eigenvalue weighted by Crippen LogP contribution is 2.59. The Balaban J connectivity index is 2.08. The molecule has 0 spiro atoms. The molecule has 2 aromatic carbocycles. The number of benzene rings is 2. The lowest BCUT2D eigenvalue weighted by Gasteiger charge is -2.41. The molecule has 0 radical (unpaired) electrons. The van der Waals surface area contributed by atoms with Gasteiger partial charge in [-0.3, -0.25) is 0 Å². The second-order valence-electron chi connectivity index (χ2n) is 14.7. The van der Waals surface area contributed by atoms with E-state index in [1.165, 1.54) is 16.2 Å². The van der Waals surface area contributed by atoms with Gasteiger partial charge >= 0.3 is 0 Å². The zero-order valence-electron chi connectivity index (χ0n) is 24.6. The lowest BCUT2D eigenvalue weighted by Crippen LogP contribution is -2.29. The molecule has 1 aliphatic rings. The van der Waals surface area contributed by atoms with Crippen LogP contribution in [0.4, 0.5) is 0 Å². The summed E-state index contributed by atoms with van der Waals surface area (Å²) in [5, 5.41) is 22.4. The molecule has 4 heteroatoms. The molecule has 3 rings (SSSR count). The van der Waals surface area contributed by atoms with Crippen molar-refractivity contribution in [3.05, 3.63) is 46.5 Å². The molecule has 0 aromatic heterocycles. The maximum absolute atomic E-state index is 11.2. The van der Waals surface area contributed by atoms with Crippen molar-refractivity contribution >= 4 is 23.5 Å². The van der Waals surface area contributed by atoms with Crippen LogP contribution < -0.4 is 0 Å². The summed E-state index contributed by atoms with van der Waals surface area (Å²) in [5.41, 5.74) is 3.53. The molecular formula is C32H48O2S2. The fourth-order valence-corrected chi connectivity index (χ4v) is 8.04. The third kappa shape index (κ3) is 6.23. The number of rotatable bonds is 4. The fourth-order valence-electron chi connectivity index (χ4n) is 4.74. The smallest absolute Gasteiger partial charge is 0.123 e. The van der Waals surface area contributed by atoms with Crippen LogP contribution in [0.5, 0.6) is 11.5 Å². The highest BCUT2D eigenvalue weighted by Gasteiger charge is 2.41. The van der Waals surface area contributed by atoms with Gasteiger partial charge in [0, 0.05) is 32.0 Å². The van der Waals surface area contributed by atoms with Gasteiger partial charge in [-0.2, -0.15) is 0 Å². The minimum atomic E-state index is -0.138. The Morgan fingerprint density at radius 2 is 0.778 bits per heavy atom. The Morgan fingerprint density at radius 1 is 0.528 bits per heavy atom. The molecule has 0 bridgehead atoms. The van der Waals surface area contributed by atoms with Crippen LogP contribution in [0.25, 0.3) is 0 Å². The Bertz CT molecular complexity index is 959. The number of hydrogen-bond acceptors (Lipinski definition) is 4. The minimum absolute atomic E-state index is 0.0581. The summed E-state index contributed by atoms with van der Waals surface area (Å²) in [7, 11) is 0. The Kier molecular flexibility index (Phi) is 7.72. The van der Waals surface area contributed by atoms with Gasteiger partial charge in [-0.1, -0.05) is 83.1 Å². The standard InChI is InChI=1S/C32H48O2S2/c1-28(2,3)22-16-20(17-23(26(22)33)29(4,5)6)35-32(14-13-15-32)36-21-18-24(30(7,8)9)27(34)25(19-21)31(10,11)12/h16-19,33-34H,13-15H2,1-12H3. The van der Waals surface area contributed by atoms with E-state index in [1.807, 2.05) is 23.5 Å². The van der Waals surface area contributed by atoms with Crippen molar-refractivity contribution < 1.29 is 10.2 Å². The largest absolute Gasteiger partial charge is 0.507 e. The van der Waals surface area contributed by atoms with Crippen LogP contribution in [0, 0.1) is 0 Å². The Hall–Kier alpha value is -1.26. The van der Waals surface area contributed by atoms with Crippen LogP contribution in [0.15, 0.2) is 34.1 Å². The number of phenols is 2. The van der Waals surface area contributed by atoms with Crippen LogP contribution in [0.3, 0.4) is 0 Å². The van der Waals surface area contributed by atoms with Gasteiger partial charge in [0.2, 0.25) is 0 Å². The van der Waals surface area contributed by atoms with Crippen molar-refractivity contribution in [3.63, 3.8) is 0 Å². The molecule has 200 valence electrons. The van der Waals surface area contributed by atoms with Crippen molar-refractivity contribution in [3.8, 4) is 11.5 Å². The maximum atomic E-state index is 11.2. The molecule has 1 saturated carbocycles. The summed E-state index contributed by atoms with van der Waals surface area (Å²) in [6.07, 6.45) is 3.53. The molecular weight excluding hydrogens is 480 g/mol. The average Bonchev–Trinajstić information content (AvgIpc) is 2.64. The summed E-state index contributed by atoms with van der Waals surface area (Å²) in [5.74, 6) is 0.885. The molecule has 0 saturated heterocycles. The average molecular weight is 529 g/mol. The van der Waals surface area contributed by atoms with E-state index in [0.717, 1.165) is 35.1 Å². The monoisotopic (exact) mass is 528 g/mol. The molecule has 0 unspecified atom stereocenters. The van der Waals surface area contributed by atoms with Crippen LogP contribution in [-0.2, 0) is 21.7 Å². The van der Waals surface area contributed by atoms with Crippen LogP contribution >= 0.6 is 23.5 Å². The minimum Gasteiger partial charge on any atom is -0.507 e. The van der Waals surface area contributed by atoms with Gasteiger partial charge in [-0.05, 0) is 65.2 Å². The molecule has 2 aromatic rings. The van der Waals surface area contributed by atoms with Crippen LogP contribution in [-0.4, -0.2) is 14.3 Å². The van der Waals surface area contributed by atoms with E-state index in [1.54, 1.807) is 0 Å². The highest BCUT2D eigenvalue weighted by molar-refractivity contribution is 8.18. The first-order valence-corrected chi connectivity index (χ1v) is 14.9. The highest BCUT2D eigenvalue weighted by atomic mass is 32.2. The van der Waals surface area contributed by atoms with Crippen LogP contribution in [0.2, 0.25) is 0 Å². The summed E-state index contributed by atoms with van der Waals surface area (Å²) in [6.45, 7) is 26.1. The third-order valence-corrected chi connectivity index (χ3v) is 10.1. The molecule has 2 nitrogen and oxygen atoms in total. The number of phenolic OH excluding ortho intramolecular Hbond substituents is 2. The Morgan fingerprint density at radius 3 is 0.944 bits per heavy atom. The topological polar surface area (TPSA) is 40.5 Å².